The van der Waals surface area contributed by atoms with Gasteiger partial charge in [-0.3, -0.25) is 0 Å². The van der Waals surface area contributed by atoms with Crippen molar-refractivity contribution in [1.29, 1.82) is 0 Å². The van der Waals surface area contributed by atoms with Crippen molar-refractivity contribution in [3.63, 3.8) is 0 Å². The van der Waals surface area contributed by atoms with Gasteiger partial charge in [-0.2, -0.15) is 0 Å². The van der Waals surface area contributed by atoms with Gasteiger partial charge in [0.25, 0.3) is 0 Å². The second-order valence-corrected chi connectivity index (χ2v) is 4.60. The summed E-state index contributed by atoms with van der Waals surface area (Å²) in [5.41, 5.74) is 8.35. The number of benzene rings is 1. The molecule has 0 amide bonds. The lowest BCUT2D eigenvalue weighted by atomic mass is 10.0. The summed E-state index contributed by atoms with van der Waals surface area (Å²) >= 11 is 0. The average Bonchev–Trinajstić information content (AvgIpc) is 2.72. The molecule has 0 aliphatic heterocycles. The molecule has 1 atom stereocenters. The van der Waals surface area contributed by atoms with Crippen LogP contribution in [-0.4, -0.2) is 11.1 Å². The van der Waals surface area contributed by atoms with Crippen LogP contribution in [0, 0.1) is 0 Å². The summed E-state index contributed by atoms with van der Waals surface area (Å²) in [6, 6.07) is 6.11. The number of rotatable bonds is 4. The highest BCUT2D eigenvalue weighted by atomic mass is 16.5. The summed E-state index contributed by atoms with van der Waals surface area (Å²) in [6.07, 6.45) is 3.08. The van der Waals surface area contributed by atoms with Crippen LogP contribution in [-0.2, 0) is 0 Å². The van der Waals surface area contributed by atoms with E-state index in [-0.39, 0.29) is 12.1 Å². The number of ether oxygens (including phenoxy) is 1. The van der Waals surface area contributed by atoms with Crippen LogP contribution < -0.4 is 10.5 Å². The summed E-state index contributed by atoms with van der Waals surface area (Å²) in [6.45, 7) is 6.16. The van der Waals surface area contributed by atoms with E-state index < -0.39 is 0 Å². The summed E-state index contributed by atoms with van der Waals surface area (Å²) in [5, 5.41) is 1.12. The molecule has 0 saturated heterocycles. The van der Waals surface area contributed by atoms with Gasteiger partial charge in [0.15, 0.2) is 0 Å². The molecule has 3 N–H and O–H groups in total. The van der Waals surface area contributed by atoms with Crippen LogP contribution in [0.5, 0.6) is 5.75 Å². The maximum absolute atomic E-state index is 6.13. The van der Waals surface area contributed by atoms with Gasteiger partial charge in [-0.25, -0.2) is 0 Å². The number of hydrogen-bond donors (Lipinski definition) is 2. The first kappa shape index (κ1) is 12.0. The predicted molar refractivity (Wildman–Crippen MR) is 71.3 cm³/mol. The van der Waals surface area contributed by atoms with Gasteiger partial charge in [-0.15, -0.1) is 0 Å². The zero-order valence-electron chi connectivity index (χ0n) is 10.7. The lowest BCUT2D eigenvalue weighted by Crippen LogP contribution is -2.09. The minimum absolute atomic E-state index is 0.0562. The molecule has 1 aromatic carbocycles. The van der Waals surface area contributed by atoms with E-state index in [0.29, 0.717) is 0 Å². The highest BCUT2D eigenvalue weighted by Crippen LogP contribution is 2.32. The van der Waals surface area contributed by atoms with Gasteiger partial charge in [0, 0.05) is 23.1 Å². The molecule has 0 radical (unpaired) electrons. The van der Waals surface area contributed by atoms with Crippen LogP contribution in [0.25, 0.3) is 10.9 Å². The van der Waals surface area contributed by atoms with Crippen molar-refractivity contribution in [2.45, 2.75) is 39.3 Å². The first-order valence-corrected chi connectivity index (χ1v) is 6.15. The molecule has 0 spiro atoms. The molecule has 92 valence electrons. The highest BCUT2D eigenvalue weighted by molar-refractivity contribution is 5.89. The van der Waals surface area contributed by atoms with Gasteiger partial charge in [-0.1, -0.05) is 13.0 Å². The first-order chi connectivity index (χ1) is 8.13. The number of H-pyrrole nitrogens is 1. The Hall–Kier alpha value is -1.48. The normalized spacial score (nSPS) is 13.2. The molecular formula is C14H20N2O. The Morgan fingerprint density at radius 2 is 2.12 bits per heavy atom. The molecular weight excluding hydrogens is 212 g/mol. The fourth-order valence-corrected chi connectivity index (χ4v) is 2.04. The van der Waals surface area contributed by atoms with Gasteiger partial charge in [0.1, 0.15) is 5.75 Å². The third-order valence-electron chi connectivity index (χ3n) is 2.90. The number of aromatic nitrogens is 1. The molecule has 0 fully saturated rings. The van der Waals surface area contributed by atoms with Crippen molar-refractivity contribution >= 4 is 10.9 Å². The van der Waals surface area contributed by atoms with Gasteiger partial charge in [0.05, 0.1) is 6.10 Å². The Balaban J connectivity index is 2.55. The van der Waals surface area contributed by atoms with E-state index in [4.69, 9.17) is 10.5 Å². The molecule has 1 aromatic heterocycles. The number of nitrogens with one attached hydrogen (secondary N) is 1. The van der Waals surface area contributed by atoms with E-state index in [2.05, 4.69) is 18.0 Å². The Morgan fingerprint density at radius 1 is 1.35 bits per heavy atom. The van der Waals surface area contributed by atoms with Crippen molar-refractivity contribution in [2.24, 2.45) is 5.73 Å². The third-order valence-corrected chi connectivity index (χ3v) is 2.90. The number of fused-ring (bicyclic) bond motifs is 1. The summed E-state index contributed by atoms with van der Waals surface area (Å²) in [7, 11) is 0. The van der Waals surface area contributed by atoms with Crippen molar-refractivity contribution in [3.05, 3.63) is 30.0 Å². The fourth-order valence-electron chi connectivity index (χ4n) is 2.04. The quantitative estimate of drug-likeness (QED) is 0.849. The van der Waals surface area contributed by atoms with E-state index in [1.54, 1.807) is 0 Å². The Bertz CT molecular complexity index is 502. The predicted octanol–water partition coefficient (Wildman–Crippen LogP) is 3.36. The van der Waals surface area contributed by atoms with E-state index in [0.717, 1.165) is 28.6 Å². The monoisotopic (exact) mass is 232 g/mol. The van der Waals surface area contributed by atoms with Crippen LogP contribution in [0.1, 0.15) is 38.8 Å². The molecule has 1 heterocycles. The Morgan fingerprint density at radius 3 is 2.76 bits per heavy atom. The van der Waals surface area contributed by atoms with E-state index in [1.165, 1.54) is 0 Å². The molecule has 2 aromatic rings. The second-order valence-electron chi connectivity index (χ2n) is 4.60. The van der Waals surface area contributed by atoms with Gasteiger partial charge >= 0.3 is 0 Å². The SMILES string of the molecule is CC[C@H](N)c1c[nH]c2cccc(OC(C)C)c12. The van der Waals surface area contributed by atoms with Crippen molar-refractivity contribution in [3.8, 4) is 5.75 Å². The first-order valence-electron chi connectivity index (χ1n) is 6.15. The minimum atomic E-state index is 0.0562. The van der Waals surface area contributed by atoms with Crippen molar-refractivity contribution < 1.29 is 4.74 Å². The second kappa shape index (κ2) is 4.80. The molecule has 0 aliphatic rings. The average molecular weight is 232 g/mol. The summed E-state index contributed by atoms with van der Waals surface area (Å²) in [4.78, 5) is 3.26. The van der Waals surface area contributed by atoms with Crippen LogP contribution >= 0.6 is 0 Å². The van der Waals surface area contributed by atoms with Crippen LogP contribution in [0.3, 0.4) is 0 Å². The highest BCUT2D eigenvalue weighted by Gasteiger charge is 2.14. The minimum Gasteiger partial charge on any atom is -0.490 e. The topological polar surface area (TPSA) is 51.0 Å². The molecule has 0 aliphatic carbocycles. The van der Waals surface area contributed by atoms with E-state index >= 15 is 0 Å². The number of aromatic amines is 1. The molecule has 2 rings (SSSR count). The van der Waals surface area contributed by atoms with Crippen LogP contribution in [0.4, 0.5) is 0 Å². The molecule has 0 saturated carbocycles. The fraction of sp³-hybridized carbons (Fsp3) is 0.429. The van der Waals surface area contributed by atoms with Gasteiger partial charge in [-0.05, 0) is 38.0 Å². The van der Waals surface area contributed by atoms with Crippen molar-refractivity contribution in [2.75, 3.05) is 0 Å². The zero-order valence-corrected chi connectivity index (χ0v) is 10.7. The van der Waals surface area contributed by atoms with E-state index in [9.17, 15) is 0 Å². The third kappa shape index (κ3) is 2.29. The van der Waals surface area contributed by atoms with Crippen molar-refractivity contribution in [1.82, 2.24) is 4.98 Å². The summed E-state index contributed by atoms with van der Waals surface area (Å²) in [5.74, 6) is 0.914. The van der Waals surface area contributed by atoms with Crippen LogP contribution in [0.15, 0.2) is 24.4 Å². The lowest BCUT2D eigenvalue weighted by molar-refractivity contribution is 0.245. The van der Waals surface area contributed by atoms with Gasteiger partial charge in [0.2, 0.25) is 0 Å². The smallest absolute Gasteiger partial charge is 0.129 e. The van der Waals surface area contributed by atoms with Gasteiger partial charge < -0.3 is 15.5 Å². The maximum Gasteiger partial charge on any atom is 0.129 e. The molecule has 3 heteroatoms. The largest absolute Gasteiger partial charge is 0.490 e. The van der Waals surface area contributed by atoms with E-state index in [1.807, 2.05) is 32.2 Å². The standard InChI is InChI=1S/C14H20N2O/c1-4-11(15)10-8-16-12-6-5-7-13(14(10)12)17-9(2)3/h5-9,11,16H,4,15H2,1-3H3/t11-/m0/s1. The molecule has 0 bridgehead atoms. The zero-order chi connectivity index (χ0) is 12.4. The lowest BCUT2D eigenvalue weighted by Gasteiger charge is -2.14. The van der Waals surface area contributed by atoms with Crippen LogP contribution in [0.2, 0.25) is 0 Å². The molecule has 17 heavy (non-hydrogen) atoms. The summed E-state index contributed by atoms with van der Waals surface area (Å²) < 4.78 is 5.85. The molecule has 3 nitrogen and oxygen atoms in total. The molecule has 0 unspecified atom stereocenters. The maximum atomic E-state index is 6.13. The Labute approximate surface area is 102 Å². The number of nitrogens with two attached hydrogens (primary N) is 1. The number of hydrogen-bond acceptors (Lipinski definition) is 2. The Kier molecular flexibility index (Phi) is 3.38.